The fourth-order valence-corrected chi connectivity index (χ4v) is 0.793. The molecule has 0 heterocycles. The zero-order chi connectivity index (χ0) is 12.9. The summed E-state index contributed by atoms with van der Waals surface area (Å²) in [6.45, 7) is 7.61. The van der Waals surface area contributed by atoms with Crippen LogP contribution in [0.25, 0.3) is 0 Å². The number of carboxylic acids is 1. The molecule has 0 bridgehead atoms. The van der Waals surface area contributed by atoms with Gasteiger partial charge in [-0.05, 0) is 27.7 Å². The van der Waals surface area contributed by atoms with Crippen LogP contribution >= 0.6 is 0 Å². The third-order valence-electron chi connectivity index (χ3n) is 1.45. The number of carbonyl (C=O) groups is 1. The van der Waals surface area contributed by atoms with E-state index in [1.54, 1.807) is 20.8 Å². The summed E-state index contributed by atoms with van der Waals surface area (Å²) in [5.41, 5.74) is -0.583. The lowest BCUT2D eigenvalue weighted by atomic mass is 9.98. The Balaban J connectivity index is 0. The first kappa shape index (κ1) is 16.8. The zero-order valence-corrected chi connectivity index (χ0v) is 11.0. The van der Waals surface area contributed by atoms with E-state index in [1.165, 1.54) is 0 Å². The quantitative estimate of drug-likeness (QED) is 0.687. The molecule has 0 saturated carbocycles. The number of aliphatic hydroxyl groups excluding tert-OH is 1. The third kappa shape index (κ3) is 16.1. The molecule has 2 N–H and O–H groups in total. The number of nitrogens with zero attached hydrogens (tertiary/aromatic N) is 1. The Morgan fingerprint density at radius 2 is 1.53 bits per heavy atom. The maximum absolute atomic E-state index is 10.0. The Bertz CT molecular complexity index is 187. The Kier molecular flexibility index (Phi) is 6.81. The van der Waals surface area contributed by atoms with Gasteiger partial charge in [-0.15, -0.1) is 0 Å². The minimum Gasteiger partial charge on any atom is -0.481 e. The monoisotopic (exact) mass is 220 g/mol. The number of hydrogen-bond acceptors (Lipinski definition) is 2. The lowest BCUT2D eigenvalue weighted by Crippen LogP contribution is -2.40. The van der Waals surface area contributed by atoms with E-state index in [0.717, 1.165) is 11.0 Å². The predicted octanol–water partition coefficient (Wildman–Crippen LogP) is 1.19. The molecule has 0 aliphatic rings. The number of rotatable bonds is 2. The van der Waals surface area contributed by atoms with Crippen molar-refractivity contribution in [1.29, 1.82) is 0 Å². The summed E-state index contributed by atoms with van der Waals surface area (Å²) >= 11 is 0. The van der Waals surface area contributed by atoms with Crippen LogP contribution in [0.3, 0.4) is 0 Å². The molecule has 15 heavy (non-hydrogen) atoms. The van der Waals surface area contributed by atoms with Crippen molar-refractivity contribution in [3.05, 3.63) is 0 Å². The van der Waals surface area contributed by atoms with Gasteiger partial charge in [-0.1, -0.05) is 0 Å². The van der Waals surface area contributed by atoms with Gasteiger partial charge in [-0.3, -0.25) is 4.79 Å². The molecule has 1 unspecified atom stereocenters. The van der Waals surface area contributed by atoms with Crippen LogP contribution in [0, 0.1) is 5.41 Å². The van der Waals surface area contributed by atoms with E-state index in [0.29, 0.717) is 0 Å². The molecule has 0 aromatic heterocycles. The summed E-state index contributed by atoms with van der Waals surface area (Å²) in [5.74, 6) is -0.757. The molecule has 1 atom stereocenters. The molecule has 4 heteroatoms. The highest BCUT2D eigenvalue weighted by atomic mass is 16.4. The average molecular weight is 220 g/mol. The van der Waals surface area contributed by atoms with Crippen LogP contribution in [0.1, 0.15) is 27.7 Å². The van der Waals surface area contributed by atoms with Crippen LogP contribution in [0.5, 0.6) is 0 Å². The van der Waals surface area contributed by atoms with Gasteiger partial charge in [0.15, 0.2) is 0 Å². The van der Waals surface area contributed by atoms with Gasteiger partial charge in [0.2, 0.25) is 0 Å². The number of aliphatic hydroxyl groups is 1. The van der Waals surface area contributed by atoms with Gasteiger partial charge in [-0.25, -0.2) is 0 Å². The molecule has 92 valence electrons. The van der Waals surface area contributed by atoms with Crippen LogP contribution in [-0.4, -0.2) is 54.5 Å². The van der Waals surface area contributed by atoms with Crippen LogP contribution in [0.15, 0.2) is 0 Å². The lowest BCUT2D eigenvalue weighted by Gasteiger charge is -2.24. The summed E-state index contributed by atoms with van der Waals surface area (Å²) in [4.78, 5) is 10.0. The summed E-state index contributed by atoms with van der Waals surface area (Å²) in [6.07, 6.45) is -0.185. The first-order valence-electron chi connectivity index (χ1n) is 5.08. The summed E-state index contributed by atoms with van der Waals surface area (Å²) in [7, 11) is 6.19. The van der Waals surface area contributed by atoms with Crippen LogP contribution in [0.2, 0.25) is 0 Å². The van der Waals surface area contributed by atoms with Gasteiger partial charge in [0.05, 0.1) is 26.6 Å². The molecule has 0 aliphatic heterocycles. The molecule has 0 fully saturated rings. The first-order valence-corrected chi connectivity index (χ1v) is 5.08. The van der Waals surface area contributed by atoms with Crippen molar-refractivity contribution in [3.8, 4) is 0 Å². The zero-order valence-electron chi connectivity index (χ0n) is 11.0. The molecular formula is C11H26NO3+. The molecule has 0 rings (SSSR count). The smallest absolute Gasteiger partial charge is 0.308 e. The van der Waals surface area contributed by atoms with Crippen molar-refractivity contribution >= 4 is 5.97 Å². The molecule has 0 aliphatic carbocycles. The maximum atomic E-state index is 10.0. The summed E-state index contributed by atoms with van der Waals surface area (Å²) in [6, 6.07) is 0. The van der Waals surface area contributed by atoms with Crippen molar-refractivity contribution in [3.63, 3.8) is 0 Å². The van der Waals surface area contributed by atoms with E-state index in [4.69, 9.17) is 10.2 Å². The van der Waals surface area contributed by atoms with Crippen molar-refractivity contribution in [2.24, 2.45) is 5.41 Å². The van der Waals surface area contributed by atoms with E-state index in [2.05, 4.69) is 21.1 Å². The van der Waals surface area contributed by atoms with Gasteiger partial charge in [0.25, 0.3) is 0 Å². The largest absolute Gasteiger partial charge is 0.481 e. The van der Waals surface area contributed by atoms with E-state index < -0.39 is 11.4 Å². The van der Waals surface area contributed by atoms with Crippen LogP contribution < -0.4 is 0 Å². The van der Waals surface area contributed by atoms with Gasteiger partial charge >= 0.3 is 5.97 Å². The normalized spacial score (nSPS) is 13.9. The Labute approximate surface area is 93.1 Å². The highest BCUT2D eigenvalue weighted by Crippen LogP contribution is 2.11. The van der Waals surface area contributed by atoms with E-state index in [-0.39, 0.29) is 6.10 Å². The molecule has 0 aromatic carbocycles. The van der Waals surface area contributed by atoms with Gasteiger partial charge in [0, 0.05) is 0 Å². The molecule has 0 radical (unpaired) electrons. The van der Waals surface area contributed by atoms with Crippen LogP contribution in [-0.2, 0) is 4.79 Å². The van der Waals surface area contributed by atoms with Crippen molar-refractivity contribution in [2.75, 3.05) is 27.7 Å². The number of carboxylic acid groups (broad SMARTS) is 1. The Morgan fingerprint density at radius 3 is 1.53 bits per heavy atom. The lowest BCUT2D eigenvalue weighted by molar-refractivity contribution is -0.873. The summed E-state index contributed by atoms with van der Waals surface area (Å²) < 4.78 is 0.831. The van der Waals surface area contributed by atoms with E-state index in [9.17, 15) is 4.79 Å². The maximum Gasteiger partial charge on any atom is 0.308 e. The standard InChI is InChI=1S/C6H16NO.C5H10O2/c1-6(8)5-7(2,3)4;1-5(2,3)4(6)7/h6,8H,5H2,1-4H3;1-3H3,(H,6,7)/q+1;. The molecule has 0 aromatic rings. The highest BCUT2D eigenvalue weighted by Gasteiger charge is 2.18. The number of hydrogen-bond donors (Lipinski definition) is 2. The molecule has 0 amide bonds. The minimum atomic E-state index is -0.757. The number of likely N-dealkylation sites (N-methyl/N-ethyl adjacent to an activating group) is 1. The Morgan fingerprint density at radius 1 is 1.27 bits per heavy atom. The fourth-order valence-electron chi connectivity index (χ4n) is 0.793. The van der Waals surface area contributed by atoms with Crippen molar-refractivity contribution in [1.82, 2.24) is 0 Å². The molecule has 4 nitrogen and oxygen atoms in total. The third-order valence-corrected chi connectivity index (χ3v) is 1.45. The van der Waals surface area contributed by atoms with E-state index in [1.807, 2.05) is 6.92 Å². The minimum absolute atomic E-state index is 0.185. The molecular weight excluding hydrogens is 194 g/mol. The van der Waals surface area contributed by atoms with E-state index >= 15 is 0 Å². The average Bonchev–Trinajstić information content (AvgIpc) is 1.78. The molecule has 0 saturated heterocycles. The topological polar surface area (TPSA) is 57.5 Å². The van der Waals surface area contributed by atoms with Crippen molar-refractivity contribution in [2.45, 2.75) is 33.8 Å². The fraction of sp³-hybridized carbons (Fsp3) is 0.909. The first-order chi connectivity index (χ1) is 6.36. The predicted molar refractivity (Wildman–Crippen MR) is 61.7 cm³/mol. The van der Waals surface area contributed by atoms with Crippen LogP contribution in [0.4, 0.5) is 0 Å². The second kappa shape index (κ2) is 6.08. The Hall–Kier alpha value is -0.610. The second-order valence-electron chi connectivity index (χ2n) is 5.88. The van der Waals surface area contributed by atoms with Crippen molar-refractivity contribution < 1.29 is 19.5 Å². The summed E-state index contributed by atoms with van der Waals surface area (Å²) in [5, 5.41) is 17.1. The van der Waals surface area contributed by atoms with Gasteiger partial charge in [-0.2, -0.15) is 0 Å². The SMILES string of the molecule is CC(C)(C)C(=O)O.CC(O)C[N+](C)(C)C. The number of quaternary nitrogens is 1. The number of aliphatic carboxylic acids is 1. The highest BCUT2D eigenvalue weighted by molar-refractivity contribution is 5.72. The second-order valence-corrected chi connectivity index (χ2v) is 5.88. The van der Waals surface area contributed by atoms with Gasteiger partial charge < -0.3 is 14.7 Å². The van der Waals surface area contributed by atoms with Gasteiger partial charge in [0.1, 0.15) is 12.6 Å². The molecule has 0 spiro atoms.